The molecule has 0 spiro atoms. The average molecular weight is 400 g/mol. The third-order valence-corrected chi connectivity index (χ3v) is 5.46. The topological polar surface area (TPSA) is 85.8 Å². The van der Waals surface area contributed by atoms with E-state index in [4.69, 9.17) is 14.2 Å². The minimum atomic E-state index is -0.337. The van der Waals surface area contributed by atoms with Crippen molar-refractivity contribution >= 4 is 22.8 Å². The molecule has 1 aliphatic heterocycles. The lowest BCUT2D eigenvalue weighted by atomic mass is 9.93. The van der Waals surface area contributed by atoms with Crippen LogP contribution in [0.2, 0.25) is 0 Å². The Bertz CT molecular complexity index is 833. The number of anilines is 1. The van der Waals surface area contributed by atoms with Crippen molar-refractivity contribution in [2.24, 2.45) is 0 Å². The normalized spacial score (nSPS) is 22.3. The molecule has 1 aromatic carbocycles. The second-order valence-electron chi connectivity index (χ2n) is 7.42. The maximum absolute atomic E-state index is 11.6. The van der Waals surface area contributed by atoms with Gasteiger partial charge >= 0.3 is 6.09 Å². The largest absolute Gasteiger partial charge is 0.488 e. The van der Waals surface area contributed by atoms with Crippen molar-refractivity contribution in [2.75, 3.05) is 37.8 Å². The fourth-order valence-electron chi connectivity index (χ4n) is 3.97. The van der Waals surface area contributed by atoms with Gasteiger partial charge in [0.25, 0.3) is 0 Å². The number of alkyl carbamates (subject to hydrolysis) is 1. The predicted octanol–water partition coefficient (Wildman–Crippen LogP) is 2.90. The Balaban J connectivity index is 1.45. The number of hydrogen-bond donors (Lipinski definition) is 1. The van der Waals surface area contributed by atoms with Crippen LogP contribution in [0, 0.1) is 0 Å². The molecule has 0 atom stereocenters. The van der Waals surface area contributed by atoms with E-state index in [1.165, 1.54) is 0 Å². The van der Waals surface area contributed by atoms with Crippen molar-refractivity contribution in [2.45, 2.75) is 44.8 Å². The Labute approximate surface area is 170 Å². The van der Waals surface area contributed by atoms with E-state index in [9.17, 15) is 4.79 Å². The molecule has 4 rings (SSSR count). The molecular formula is C21H28N4O4. The molecule has 8 heteroatoms. The Hall–Kier alpha value is -2.61. The second-order valence-corrected chi connectivity index (χ2v) is 7.42. The quantitative estimate of drug-likeness (QED) is 0.826. The van der Waals surface area contributed by atoms with Gasteiger partial charge in [-0.25, -0.2) is 9.78 Å². The van der Waals surface area contributed by atoms with Gasteiger partial charge in [0.05, 0.1) is 31.4 Å². The lowest BCUT2D eigenvalue weighted by Crippen LogP contribution is -2.40. The summed E-state index contributed by atoms with van der Waals surface area (Å²) in [6.07, 6.45) is 6.66. The molecule has 1 aromatic heterocycles. The number of nitrogens with one attached hydrogen (secondary N) is 1. The fourth-order valence-corrected chi connectivity index (χ4v) is 3.97. The number of carbonyl (C=O) groups is 1. The van der Waals surface area contributed by atoms with Gasteiger partial charge in [0.15, 0.2) is 0 Å². The van der Waals surface area contributed by atoms with Crippen molar-refractivity contribution in [3.8, 4) is 5.75 Å². The van der Waals surface area contributed by atoms with Crippen LogP contribution in [0.15, 0.2) is 24.5 Å². The average Bonchev–Trinajstić information content (AvgIpc) is 2.76. The molecule has 1 amide bonds. The van der Waals surface area contributed by atoms with Crippen molar-refractivity contribution in [3.05, 3.63) is 24.5 Å². The first-order valence-electron chi connectivity index (χ1n) is 10.4. The van der Waals surface area contributed by atoms with Crippen LogP contribution < -0.4 is 15.0 Å². The smallest absolute Gasteiger partial charge is 0.407 e. The number of benzene rings is 1. The zero-order valence-electron chi connectivity index (χ0n) is 16.8. The summed E-state index contributed by atoms with van der Waals surface area (Å²) in [7, 11) is 0. The summed E-state index contributed by atoms with van der Waals surface area (Å²) in [5.74, 6) is 0.777. The molecule has 1 saturated carbocycles. The van der Waals surface area contributed by atoms with Crippen LogP contribution in [0.5, 0.6) is 5.75 Å². The number of amides is 1. The number of carbonyl (C=O) groups excluding carboxylic acids is 1. The Morgan fingerprint density at radius 3 is 2.69 bits per heavy atom. The van der Waals surface area contributed by atoms with E-state index in [-0.39, 0.29) is 18.2 Å². The molecule has 29 heavy (non-hydrogen) atoms. The summed E-state index contributed by atoms with van der Waals surface area (Å²) in [6, 6.07) is 4.29. The molecule has 8 nitrogen and oxygen atoms in total. The van der Waals surface area contributed by atoms with Gasteiger partial charge in [-0.2, -0.15) is 0 Å². The standard InChI is InChI=1S/C21H28N4O4/c1-2-28-21(26)24-15-3-5-17(6-4-15)29-19-14-16(25-9-11-27-12-10-25)13-18-20(19)23-8-7-22-18/h7-8,13-15,17H,2-6,9-12H2,1H3,(H,24,26)/t15-,17+. The second kappa shape index (κ2) is 9.26. The summed E-state index contributed by atoms with van der Waals surface area (Å²) in [4.78, 5) is 22.9. The van der Waals surface area contributed by atoms with Gasteiger partial charge in [-0.05, 0) is 38.7 Å². The summed E-state index contributed by atoms with van der Waals surface area (Å²) in [5.41, 5.74) is 2.72. The van der Waals surface area contributed by atoms with Crippen LogP contribution in [-0.2, 0) is 9.47 Å². The monoisotopic (exact) mass is 400 g/mol. The van der Waals surface area contributed by atoms with Crippen LogP contribution in [-0.4, -0.2) is 61.1 Å². The zero-order chi connectivity index (χ0) is 20.1. The van der Waals surface area contributed by atoms with E-state index in [0.29, 0.717) is 6.61 Å². The molecule has 2 fully saturated rings. The number of rotatable bonds is 5. The van der Waals surface area contributed by atoms with E-state index in [1.54, 1.807) is 12.4 Å². The minimum Gasteiger partial charge on any atom is -0.488 e. The maximum Gasteiger partial charge on any atom is 0.407 e. The molecule has 0 radical (unpaired) electrons. The molecule has 1 N–H and O–H groups in total. The zero-order valence-corrected chi connectivity index (χ0v) is 16.8. The lowest BCUT2D eigenvalue weighted by Gasteiger charge is -2.31. The Kier molecular flexibility index (Phi) is 6.29. The predicted molar refractivity (Wildman–Crippen MR) is 109 cm³/mol. The summed E-state index contributed by atoms with van der Waals surface area (Å²) in [5, 5.41) is 2.93. The van der Waals surface area contributed by atoms with Gasteiger partial charge in [-0.3, -0.25) is 4.98 Å². The molecule has 2 aromatic rings. The van der Waals surface area contributed by atoms with Crippen LogP contribution >= 0.6 is 0 Å². The number of hydrogen-bond acceptors (Lipinski definition) is 7. The SMILES string of the molecule is CCOC(=O)N[C@H]1CC[C@@H](Oc2cc(N3CCOCC3)cc3nccnc23)CC1. The van der Waals surface area contributed by atoms with Gasteiger partial charge in [-0.15, -0.1) is 0 Å². The lowest BCUT2D eigenvalue weighted by molar-refractivity contribution is 0.121. The summed E-state index contributed by atoms with van der Waals surface area (Å²) in [6.45, 7) is 5.37. The molecule has 2 heterocycles. The van der Waals surface area contributed by atoms with Gasteiger partial charge in [0.2, 0.25) is 0 Å². The first-order chi connectivity index (χ1) is 14.2. The molecule has 2 aliphatic rings. The van der Waals surface area contributed by atoms with E-state index in [0.717, 1.165) is 74.5 Å². The number of nitrogens with zero attached hydrogens (tertiary/aromatic N) is 3. The number of fused-ring (bicyclic) bond motifs is 1. The molecule has 1 aliphatic carbocycles. The first kappa shape index (κ1) is 19.7. The van der Waals surface area contributed by atoms with E-state index in [2.05, 4.69) is 32.3 Å². The highest BCUT2D eigenvalue weighted by atomic mass is 16.5. The maximum atomic E-state index is 11.6. The molecule has 0 bridgehead atoms. The van der Waals surface area contributed by atoms with E-state index < -0.39 is 0 Å². The van der Waals surface area contributed by atoms with Crippen LogP contribution in [0.4, 0.5) is 10.5 Å². The Morgan fingerprint density at radius 2 is 1.93 bits per heavy atom. The van der Waals surface area contributed by atoms with Gasteiger partial charge in [-0.1, -0.05) is 0 Å². The first-order valence-corrected chi connectivity index (χ1v) is 10.4. The van der Waals surface area contributed by atoms with Crippen molar-refractivity contribution in [1.29, 1.82) is 0 Å². The summed E-state index contributed by atoms with van der Waals surface area (Å²) >= 11 is 0. The molecule has 156 valence electrons. The molecular weight excluding hydrogens is 372 g/mol. The highest BCUT2D eigenvalue weighted by Gasteiger charge is 2.25. The summed E-state index contributed by atoms with van der Waals surface area (Å²) < 4.78 is 16.8. The van der Waals surface area contributed by atoms with Crippen LogP contribution in [0.25, 0.3) is 11.0 Å². The molecule has 0 unspecified atom stereocenters. The van der Waals surface area contributed by atoms with Gasteiger partial charge in [0.1, 0.15) is 11.3 Å². The number of morpholine rings is 1. The highest BCUT2D eigenvalue weighted by Crippen LogP contribution is 2.32. The number of aromatic nitrogens is 2. The van der Waals surface area contributed by atoms with Crippen molar-refractivity contribution < 1.29 is 19.0 Å². The van der Waals surface area contributed by atoms with E-state index >= 15 is 0 Å². The highest BCUT2D eigenvalue weighted by molar-refractivity contribution is 5.85. The third-order valence-electron chi connectivity index (χ3n) is 5.46. The minimum absolute atomic E-state index is 0.0976. The molecule has 1 saturated heterocycles. The van der Waals surface area contributed by atoms with Crippen molar-refractivity contribution in [3.63, 3.8) is 0 Å². The van der Waals surface area contributed by atoms with Crippen LogP contribution in [0.1, 0.15) is 32.6 Å². The number of ether oxygens (including phenoxy) is 3. The van der Waals surface area contributed by atoms with E-state index in [1.807, 2.05) is 6.92 Å². The third kappa shape index (κ3) is 4.87. The van der Waals surface area contributed by atoms with Gasteiger partial charge in [0, 0.05) is 43.3 Å². The van der Waals surface area contributed by atoms with Gasteiger partial charge < -0.3 is 24.4 Å². The van der Waals surface area contributed by atoms with Crippen LogP contribution in [0.3, 0.4) is 0 Å². The van der Waals surface area contributed by atoms with Crippen molar-refractivity contribution in [1.82, 2.24) is 15.3 Å². The fraction of sp³-hybridized carbons (Fsp3) is 0.571. The Morgan fingerprint density at radius 1 is 1.17 bits per heavy atom.